The zero-order valence-corrected chi connectivity index (χ0v) is 10.9. The Labute approximate surface area is 107 Å². The molecule has 0 bridgehead atoms. The van der Waals surface area contributed by atoms with Crippen molar-refractivity contribution in [1.82, 2.24) is 0 Å². The van der Waals surface area contributed by atoms with E-state index in [0.717, 1.165) is 5.69 Å². The van der Waals surface area contributed by atoms with Gasteiger partial charge in [0.15, 0.2) is 0 Å². The van der Waals surface area contributed by atoms with Crippen LogP contribution in [0.4, 0.5) is 10.1 Å². The fraction of sp³-hybridized carbons (Fsp3) is 0.571. The number of halogens is 2. The Bertz CT molecular complexity index is 360. The van der Waals surface area contributed by atoms with Gasteiger partial charge in [0.05, 0.1) is 0 Å². The van der Waals surface area contributed by atoms with E-state index in [1.54, 1.807) is 6.07 Å². The standard InChI is InChI=1S/C14H19ClFN/c1-2-10-5-3-4-6-14(10)17-13-8-11(15)7-12(16)9-13/h7-10,14,17H,2-6H2,1H3. The van der Waals surface area contributed by atoms with E-state index < -0.39 is 0 Å². The Balaban J connectivity index is 2.08. The van der Waals surface area contributed by atoms with Crippen LogP contribution in [-0.4, -0.2) is 6.04 Å². The molecule has 1 aliphatic rings. The first-order chi connectivity index (χ1) is 8.19. The highest BCUT2D eigenvalue weighted by Crippen LogP contribution is 2.30. The lowest BCUT2D eigenvalue weighted by atomic mass is 9.83. The molecule has 0 aliphatic heterocycles. The highest BCUT2D eigenvalue weighted by atomic mass is 35.5. The molecule has 1 aromatic carbocycles. The van der Waals surface area contributed by atoms with Crippen molar-refractivity contribution in [2.75, 3.05) is 5.32 Å². The topological polar surface area (TPSA) is 12.0 Å². The molecule has 0 spiro atoms. The minimum atomic E-state index is -0.274. The quantitative estimate of drug-likeness (QED) is 0.813. The van der Waals surface area contributed by atoms with Crippen LogP contribution in [0.15, 0.2) is 18.2 Å². The molecule has 1 saturated carbocycles. The van der Waals surface area contributed by atoms with Crippen LogP contribution < -0.4 is 5.32 Å². The summed E-state index contributed by atoms with van der Waals surface area (Å²) in [5, 5.41) is 3.89. The summed E-state index contributed by atoms with van der Waals surface area (Å²) in [6, 6.07) is 5.12. The molecular weight excluding hydrogens is 237 g/mol. The highest BCUT2D eigenvalue weighted by molar-refractivity contribution is 6.30. The zero-order valence-electron chi connectivity index (χ0n) is 10.2. The van der Waals surface area contributed by atoms with Crippen LogP contribution in [0, 0.1) is 11.7 Å². The molecule has 3 heteroatoms. The summed E-state index contributed by atoms with van der Waals surface area (Å²) < 4.78 is 13.2. The van der Waals surface area contributed by atoms with Gasteiger partial charge in [0, 0.05) is 16.8 Å². The number of nitrogens with one attached hydrogen (secondary N) is 1. The maximum atomic E-state index is 13.2. The van der Waals surface area contributed by atoms with E-state index in [-0.39, 0.29) is 5.82 Å². The molecule has 94 valence electrons. The smallest absolute Gasteiger partial charge is 0.126 e. The van der Waals surface area contributed by atoms with Gasteiger partial charge in [0.1, 0.15) is 5.82 Å². The Hall–Kier alpha value is -0.760. The molecule has 1 fully saturated rings. The van der Waals surface area contributed by atoms with Gasteiger partial charge < -0.3 is 5.32 Å². The van der Waals surface area contributed by atoms with E-state index in [1.165, 1.54) is 44.2 Å². The van der Waals surface area contributed by atoms with Crippen LogP contribution in [0.2, 0.25) is 5.02 Å². The molecule has 0 radical (unpaired) electrons. The van der Waals surface area contributed by atoms with Gasteiger partial charge in [0.2, 0.25) is 0 Å². The van der Waals surface area contributed by atoms with Crippen LogP contribution >= 0.6 is 11.6 Å². The van der Waals surface area contributed by atoms with Crippen LogP contribution in [0.25, 0.3) is 0 Å². The summed E-state index contributed by atoms with van der Waals surface area (Å²) in [7, 11) is 0. The number of rotatable bonds is 3. The SMILES string of the molecule is CCC1CCCCC1Nc1cc(F)cc(Cl)c1. The molecule has 2 atom stereocenters. The minimum Gasteiger partial charge on any atom is -0.382 e. The molecule has 0 aromatic heterocycles. The van der Waals surface area contributed by atoms with Crippen molar-refractivity contribution in [3.8, 4) is 0 Å². The van der Waals surface area contributed by atoms with Crippen LogP contribution in [0.1, 0.15) is 39.0 Å². The van der Waals surface area contributed by atoms with Gasteiger partial charge in [-0.3, -0.25) is 0 Å². The first-order valence-electron chi connectivity index (χ1n) is 6.41. The Morgan fingerprint density at radius 1 is 1.29 bits per heavy atom. The fourth-order valence-corrected chi connectivity index (χ4v) is 2.96. The molecule has 17 heavy (non-hydrogen) atoms. The first kappa shape index (κ1) is 12.7. The van der Waals surface area contributed by atoms with E-state index in [2.05, 4.69) is 12.2 Å². The molecular formula is C14H19ClFN. The lowest BCUT2D eigenvalue weighted by Crippen LogP contribution is -2.31. The highest BCUT2D eigenvalue weighted by Gasteiger charge is 2.23. The van der Waals surface area contributed by atoms with Crippen molar-refractivity contribution in [1.29, 1.82) is 0 Å². The Morgan fingerprint density at radius 2 is 2.06 bits per heavy atom. The third-order valence-electron chi connectivity index (χ3n) is 3.65. The van der Waals surface area contributed by atoms with Gasteiger partial charge in [-0.2, -0.15) is 0 Å². The van der Waals surface area contributed by atoms with E-state index >= 15 is 0 Å². The van der Waals surface area contributed by atoms with Gasteiger partial charge in [-0.05, 0) is 37.0 Å². The van der Waals surface area contributed by atoms with Crippen molar-refractivity contribution < 1.29 is 4.39 Å². The normalized spacial score (nSPS) is 24.6. The fourth-order valence-electron chi connectivity index (χ4n) is 2.74. The van der Waals surface area contributed by atoms with Gasteiger partial charge in [-0.1, -0.05) is 37.8 Å². The monoisotopic (exact) mass is 255 g/mol. The largest absolute Gasteiger partial charge is 0.382 e. The number of hydrogen-bond donors (Lipinski definition) is 1. The van der Waals surface area contributed by atoms with Crippen molar-refractivity contribution in [3.05, 3.63) is 29.0 Å². The van der Waals surface area contributed by atoms with Crippen LogP contribution in [0.3, 0.4) is 0 Å². The minimum absolute atomic E-state index is 0.274. The average molecular weight is 256 g/mol. The maximum absolute atomic E-state index is 13.2. The van der Waals surface area contributed by atoms with Crippen molar-refractivity contribution in [3.63, 3.8) is 0 Å². The molecule has 0 saturated heterocycles. The molecule has 0 amide bonds. The van der Waals surface area contributed by atoms with Crippen LogP contribution in [-0.2, 0) is 0 Å². The first-order valence-corrected chi connectivity index (χ1v) is 6.79. The predicted molar refractivity (Wildman–Crippen MR) is 71.1 cm³/mol. The number of hydrogen-bond acceptors (Lipinski definition) is 1. The summed E-state index contributed by atoms with van der Waals surface area (Å²) in [4.78, 5) is 0. The number of benzene rings is 1. The molecule has 1 aliphatic carbocycles. The molecule has 1 N–H and O–H groups in total. The molecule has 0 heterocycles. The lowest BCUT2D eigenvalue weighted by molar-refractivity contribution is 0.317. The second kappa shape index (κ2) is 5.72. The van der Waals surface area contributed by atoms with Gasteiger partial charge in [0.25, 0.3) is 0 Å². The summed E-state index contributed by atoms with van der Waals surface area (Å²) >= 11 is 5.86. The van der Waals surface area contributed by atoms with Crippen molar-refractivity contribution in [2.24, 2.45) is 5.92 Å². The predicted octanol–water partition coefficient (Wildman–Crippen LogP) is 4.86. The van der Waals surface area contributed by atoms with Gasteiger partial charge in [-0.25, -0.2) is 4.39 Å². The molecule has 1 aromatic rings. The van der Waals surface area contributed by atoms with Crippen LogP contribution in [0.5, 0.6) is 0 Å². The van der Waals surface area contributed by atoms with E-state index in [1.807, 2.05) is 0 Å². The van der Waals surface area contributed by atoms with Gasteiger partial charge in [-0.15, -0.1) is 0 Å². The van der Waals surface area contributed by atoms with E-state index in [4.69, 9.17) is 11.6 Å². The zero-order chi connectivity index (χ0) is 12.3. The average Bonchev–Trinajstić information content (AvgIpc) is 2.28. The summed E-state index contributed by atoms with van der Waals surface area (Å²) in [5.41, 5.74) is 0.806. The Kier molecular flexibility index (Phi) is 4.27. The third kappa shape index (κ3) is 3.35. The second-order valence-electron chi connectivity index (χ2n) is 4.86. The Morgan fingerprint density at radius 3 is 2.76 bits per heavy atom. The number of anilines is 1. The third-order valence-corrected chi connectivity index (χ3v) is 3.87. The summed E-state index contributed by atoms with van der Waals surface area (Å²) in [5.74, 6) is 0.426. The summed E-state index contributed by atoms with van der Waals surface area (Å²) in [6.45, 7) is 2.23. The molecule has 2 rings (SSSR count). The molecule has 1 nitrogen and oxygen atoms in total. The molecule has 2 unspecified atom stereocenters. The van der Waals surface area contributed by atoms with Gasteiger partial charge >= 0.3 is 0 Å². The summed E-state index contributed by atoms with van der Waals surface area (Å²) in [6.07, 6.45) is 6.21. The lowest BCUT2D eigenvalue weighted by Gasteiger charge is -2.32. The van der Waals surface area contributed by atoms with E-state index in [0.29, 0.717) is 17.0 Å². The van der Waals surface area contributed by atoms with Crippen molar-refractivity contribution >= 4 is 17.3 Å². The van der Waals surface area contributed by atoms with E-state index in [9.17, 15) is 4.39 Å². The second-order valence-corrected chi connectivity index (χ2v) is 5.30. The van der Waals surface area contributed by atoms with Crippen molar-refractivity contribution in [2.45, 2.75) is 45.1 Å². The maximum Gasteiger partial charge on any atom is 0.126 e.